The zero-order valence-electron chi connectivity index (χ0n) is 14.2. The summed E-state index contributed by atoms with van der Waals surface area (Å²) in [7, 11) is 0. The highest BCUT2D eigenvalue weighted by atomic mass is 19.1. The summed E-state index contributed by atoms with van der Waals surface area (Å²) >= 11 is 0. The molecule has 1 amide bonds. The minimum absolute atomic E-state index is 0.00362. The summed E-state index contributed by atoms with van der Waals surface area (Å²) in [5.41, 5.74) is -0.508. The molecule has 0 aliphatic carbocycles. The van der Waals surface area contributed by atoms with Crippen LogP contribution in [0.1, 0.15) is 26.3 Å². The van der Waals surface area contributed by atoms with Crippen molar-refractivity contribution in [1.82, 2.24) is 4.90 Å². The van der Waals surface area contributed by atoms with Crippen LogP contribution in [0.3, 0.4) is 0 Å². The van der Waals surface area contributed by atoms with Crippen LogP contribution in [0.25, 0.3) is 5.57 Å². The first-order chi connectivity index (χ1) is 11.9. The first kappa shape index (κ1) is 18.4. The van der Waals surface area contributed by atoms with E-state index in [2.05, 4.69) is 0 Å². The molecule has 0 spiro atoms. The van der Waals surface area contributed by atoms with E-state index in [1.807, 2.05) is 0 Å². The van der Waals surface area contributed by atoms with Crippen LogP contribution < -0.4 is 0 Å². The third kappa shape index (κ3) is 2.63. The van der Waals surface area contributed by atoms with Crippen LogP contribution in [0.5, 0.6) is 0 Å². The van der Waals surface area contributed by atoms with E-state index in [9.17, 15) is 23.6 Å². The van der Waals surface area contributed by atoms with Gasteiger partial charge in [-0.2, -0.15) is 0 Å². The number of aldehydes is 3. The molecule has 0 N–H and O–H groups in total. The van der Waals surface area contributed by atoms with Crippen molar-refractivity contribution in [2.75, 3.05) is 0 Å². The van der Waals surface area contributed by atoms with E-state index >= 15 is 0 Å². The van der Waals surface area contributed by atoms with E-state index in [4.69, 9.17) is 0 Å². The summed E-state index contributed by atoms with van der Waals surface area (Å²) in [6.45, 7) is 4.94. The van der Waals surface area contributed by atoms with Crippen LogP contribution in [0, 0.1) is 11.7 Å². The molecule has 1 aliphatic heterocycles. The topological polar surface area (TPSA) is 71.5 Å². The van der Waals surface area contributed by atoms with Gasteiger partial charge < -0.3 is 9.69 Å². The number of carbonyl (C=O) groups excluding carboxylic acids is 4. The maximum absolute atomic E-state index is 13.3. The van der Waals surface area contributed by atoms with Crippen molar-refractivity contribution < 1.29 is 23.6 Å². The highest BCUT2D eigenvalue weighted by Crippen LogP contribution is 2.44. The summed E-state index contributed by atoms with van der Waals surface area (Å²) in [5, 5.41) is 0. The number of halogens is 1. The van der Waals surface area contributed by atoms with Gasteiger partial charge in [-0.25, -0.2) is 4.39 Å². The van der Waals surface area contributed by atoms with E-state index < -0.39 is 17.3 Å². The van der Waals surface area contributed by atoms with Gasteiger partial charge in [0.15, 0.2) is 12.6 Å². The summed E-state index contributed by atoms with van der Waals surface area (Å²) in [6, 6.07) is 5.26. The molecule has 1 heterocycles. The standard InChI is InChI=1S/C19H18FNO4/c1-12(2)19(10-24)17(9-23)18(14-4-6-15(20)7-5-14)16(8-22)13(3)21(19)11-25/h4-12H,1-3H3. The third-order valence-electron chi connectivity index (χ3n) is 4.65. The molecule has 0 radical (unpaired) electrons. The van der Waals surface area contributed by atoms with Crippen LogP contribution in [-0.2, 0) is 19.2 Å². The number of carbonyl (C=O) groups is 4. The minimum atomic E-state index is -1.54. The number of rotatable bonds is 6. The molecule has 1 atom stereocenters. The van der Waals surface area contributed by atoms with Gasteiger partial charge in [0, 0.05) is 22.4 Å². The molecule has 0 aromatic heterocycles. The molecule has 0 saturated heterocycles. The monoisotopic (exact) mass is 343 g/mol. The highest BCUT2D eigenvalue weighted by Gasteiger charge is 2.49. The van der Waals surface area contributed by atoms with E-state index in [-0.39, 0.29) is 22.4 Å². The Bertz CT molecular complexity index is 792. The van der Waals surface area contributed by atoms with Gasteiger partial charge in [-0.05, 0) is 30.5 Å². The fraction of sp³-hybridized carbons (Fsp3) is 0.263. The van der Waals surface area contributed by atoms with Crippen LogP contribution in [0.15, 0.2) is 41.1 Å². The maximum Gasteiger partial charge on any atom is 0.215 e. The number of benzene rings is 1. The summed E-state index contributed by atoms with van der Waals surface area (Å²) in [5.74, 6) is -0.907. The second-order valence-electron chi connectivity index (χ2n) is 6.10. The molecule has 1 unspecified atom stereocenters. The largest absolute Gasteiger partial charge is 0.301 e. The first-order valence-corrected chi connectivity index (χ1v) is 7.72. The zero-order valence-corrected chi connectivity index (χ0v) is 14.2. The van der Waals surface area contributed by atoms with Crippen molar-refractivity contribution in [3.05, 3.63) is 52.5 Å². The normalized spacial score (nSPS) is 20.8. The molecule has 0 fully saturated rings. The number of allylic oxidation sites excluding steroid dienone is 3. The Labute approximate surface area is 144 Å². The molecule has 6 heteroatoms. The van der Waals surface area contributed by atoms with Gasteiger partial charge >= 0.3 is 0 Å². The Morgan fingerprint density at radius 2 is 1.64 bits per heavy atom. The van der Waals surface area contributed by atoms with Gasteiger partial charge in [0.25, 0.3) is 0 Å². The second kappa shape index (κ2) is 6.93. The Kier molecular flexibility index (Phi) is 5.11. The maximum atomic E-state index is 13.3. The molecular weight excluding hydrogens is 325 g/mol. The van der Waals surface area contributed by atoms with Crippen LogP contribution in [-0.4, -0.2) is 35.7 Å². The summed E-state index contributed by atoms with van der Waals surface area (Å²) in [6.07, 6.45) is 2.01. The molecule has 1 aromatic carbocycles. The van der Waals surface area contributed by atoms with E-state index in [0.717, 1.165) is 4.90 Å². The molecule has 1 aromatic rings. The lowest BCUT2D eigenvalue weighted by molar-refractivity contribution is -0.130. The van der Waals surface area contributed by atoms with Gasteiger partial charge in [-0.1, -0.05) is 26.0 Å². The molecule has 5 nitrogen and oxygen atoms in total. The first-order valence-electron chi connectivity index (χ1n) is 7.72. The van der Waals surface area contributed by atoms with Gasteiger partial charge in [-0.3, -0.25) is 14.4 Å². The molecular formula is C19H18FNO4. The van der Waals surface area contributed by atoms with Gasteiger partial charge in [0.1, 0.15) is 17.6 Å². The van der Waals surface area contributed by atoms with Crippen molar-refractivity contribution in [1.29, 1.82) is 0 Å². The fourth-order valence-electron chi connectivity index (χ4n) is 3.30. The molecule has 130 valence electrons. The lowest BCUT2D eigenvalue weighted by atomic mass is 9.72. The van der Waals surface area contributed by atoms with Crippen LogP contribution in [0.4, 0.5) is 4.39 Å². The molecule has 1 aliphatic rings. The van der Waals surface area contributed by atoms with Gasteiger partial charge in [-0.15, -0.1) is 0 Å². The molecule has 25 heavy (non-hydrogen) atoms. The van der Waals surface area contributed by atoms with Gasteiger partial charge in [0.2, 0.25) is 6.41 Å². The molecule has 0 saturated carbocycles. The van der Waals surface area contributed by atoms with E-state index in [0.29, 0.717) is 30.8 Å². The van der Waals surface area contributed by atoms with Crippen molar-refractivity contribution in [2.24, 2.45) is 5.92 Å². The number of nitrogens with zero attached hydrogens (tertiary/aromatic N) is 1. The van der Waals surface area contributed by atoms with Crippen LogP contribution >= 0.6 is 0 Å². The molecule has 0 bridgehead atoms. The lowest BCUT2D eigenvalue weighted by Crippen LogP contribution is -2.56. The van der Waals surface area contributed by atoms with Crippen molar-refractivity contribution in [2.45, 2.75) is 26.3 Å². The minimum Gasteiger partial charge on any atom is -0.301 e. The smallest absolute Gasteiger partial charge is 0.215 e. The number of hydrogen-bond donors (Lipinski definition) is 0. The van der Waals surface area contributed by atoms with Crippen molar-refractivity contribution in [3.8, 4) is 0 Å². The number of amides is 1. The second-order valence-corrected chi connectivity index (χ2v) is 6.10. The van der Waals surface area contributed by atoms with Gasteiger partial charge in [0.05, 0.1) is 0 Å². The Hall–Kier alpha value is -2.89. The Balaban J connectivity index is 2.97. The Morgan fingerprint density at radius 1 is 1.04 bits per heavy atom. The zero-order chi connectivity index (χ0) is 18.8. The van der Waals surface area contributed by atoms with E-state index in [1.54, 1.807) is 13.8 Å². The van der Waals surface area contributed by atoms with Crippen molar-refractivity contribution in [3.63, 3.8) is 0 Å². The highest BCUT2D eigenvalue weighted by molar-refractivity contribution is 6.11. The van der Waals surface area contributed by atoms with E-state index in [1.165, 1.54) is 31.2 Å². The summed E-state index contributed by atoms with van der Waals surface area (Å²) < 4.78 is 13.3. The fourth-order valence-corrected chi connectivity index (χ4v) is 3.30. The lowest BCUT2D eigenvalue weighted by Gasteiger charge is -2.45. The quantitative estimate of drug-likeness (QED) is 0.743. The average Bonchev–Trinajstić information content (AvgIpc) is 2.60. The predicted molar refractivity (Wildman–Crippen MR) is 89.7 cm³/mol. The average molecular weight is 343 g/mol. The number of hydrogen-bond acceptors (Lipinski definition) is 4. The van der Waals surface area contributed by atoms with Crippen LogP contribution in [0.2, 0.25) is 0 Å². The Morgan fingerprint density at radius 3 is 2.04 bits per heavy atom. The third-order valence-corrected chi connectivity index (χ3v) is 4.65. The SMILES string of the molecule is CC1=C(C=O)C(c2ccc(F)cc2)=C(C=O)C(C=O)(C(C)C)N1C=O. The predicted octanol–water partition coefficient (Wildman–Crippen LogP) is 2.32. The summed E-state index contributed by atoms with van der Waals surface area (Å²) in [4.78, 5) is 48.5. The van der Waals surface area contributed by atoms with Crippen molar-refractivity contribution >= 4 is 30.8 Å². The molecule has 2 rings (SSSR count).